The van der Waals surface area contributed by atoms with Gasteiger partial charge >= 0.3 is 0 Å². The van der Waals surface area contributed by atoms with E-state index >= 15 is 0 Å². The van der Waals surface area contributed by atoms with Crippen molar-refractivity contribution in [2.45, 2.75) is 13.0 Å². The van der Waals surface area contributed by atoms with Gasteiger partial charge in [0, 0.05) is 6.42 Å². The third kappa shape index (κ3) is 3.54. The maximum absolute atomic E-state index is 14.8. The van der Waals surface area contributed by atoms with Crippen LogP contribution in [-0.4, -0.2) is 31.1 Å². The van der Waals surface area contributed by atoms with Gasteiger partial charge in [-0.05, 0) is 42.0 Å². The summed E-state index contributed by atoms with van der Waals surface area (Å²) in [6.07, 6.45) is 0.615. The van der Waals surface area contributed by atoms with Crippen molar-refractivity contribution in [1.82, 2.24) is 0 Å². The standard InChI is InChI=1S/C24H21F3NO2/c1-29-22-12-15-10-11-28(14-18-20(26)8-5-9-21(18)27)24(17(15)13-23(22)30-2)16-6-3-4-7-19(16)25/h3-9,12-13H,10-11,14H2,1-2H3/q+1. The van der Waals surface area contributed by atoms with Crippen LogP contribution in [0.5, 0.6) is 11.5 Å². The van der Waals surface area contributed by atoms with E-state index in [1.54, 1.807) is 31.4 Å². The summed E-state index contributed by atoms with van der Waals surface area (Å²) in [7, 11) is 3.09. The van der Waals surface area contributed by atoms with Gasteiger partial charge in [-0.1, -0.05) is 18.2 Å². The first-order chi connectivity index (χ1) is 14.5. The second-order valence-electron chi connectivity index (χ2n) is 7.06. The van der Waals surface area contributed by atoms with Crippen LogP contribution >= 0.6 is 0 Å². The van der Waals surface area contributed by atoms with E-state index in [9.17, 15) is 13.2 Å². The van der Waals surface area contributed by atoms with Gasteiger partial charge in [0.15, 0.2) is 18.0 Å². The quantitative estimate of drug-likeness (QED) is 0.565. The van der Waals surface area contributed by atoms with E-state index in [2.05, 4.69) is 0 Å². The second-order valence-corrected chi connectivity index (χ2v) is 7.06. The van der Waals surface area contributed by atoms with Crippen molar-refractivity contribution in [2.75, 3.05) is 20.8 Å². The van der Waals surface area contributed by atoms with Crippen LogP contribution in [0.15, 0.2) is 54.6 Å². The van der Waals surface area contributed by atoms with Crippen LogP contribution in [0.1, 0.15) is 22.3 Å². The Morgan fingerprint density at radius 1 is 0.800 bits per heavy atom. The molecule has 0 unspecified atom stereocenters. The molecule has 1 aliphatic heterocycles. The largest absolute Gasteiger partial charge is 0.493 e. The molecule has 0 amide bonds. The van der Waals surface area contributed by atoms with Crippen LogP contribution < -0.4 is 9.47 Å². The molecular formula is C24H21F3NO2+. The van der Waals surface area contributed by atoms with Gasteiger partial charge in [0.2, 0.25) is 5.71 Å². The highest BCUT2D eigenvalue weighted by molar-refractivity contribution is 6.11. The molecule has 0 radical (unpaired) electrons. The summed E-state index contributed by atoms with van der Waals surface area (Å²) < 4.78 is 56.1. The lowest BCUT2D eigenvalue weighted by atomic mass is 9.91. The van der Waals surface area contributed by atoms with Crippen molar-refractivity contribution in [3.8, 4) is 11.5 Å². The van der Waals surface area contributed by atoms with Crippen molar-refractivity contribution in [3.05, 3.63) is 94.3 Å². The lowest BCUT2D eigenvalue weighted by molar-refractivity contribution is -0.544. The van der Waals surface area contributed by atoms with Gasteiger partial charge in [-0.25, -0.2) is 17.7 Å². The van der Waals surface area contributed by atoms with Gasteiger partial charge in [0.25, 0.3) is 0 Å². The number of hydrogen-bond acceptors (Lipinski definition) is 2. The highest BCUT2D eigenvalue weighted by Crippen LogP contribution is 2.34. The highest BCUT2D eigenvalue weighted by atomic mass is 19.1. The van der Waals surface area contributed by atoms with E-state index in [-0.39, 0.29) is 12.1 Å². The Bertz CT molecular complexity index is 1120. The molecule has 0 fully saturated rings. The fourth-order valence-corrected chi connectivity index (χ4v) is 3.89. The predicted octanol–water partition coefficient (Wildman–Crippen LogP) is 4.73. The van der Waals surface area contributed by atoms with Gasteiger partial charge in [-0.2, -0.15) is 0 Å². The molecule has 0 N–H and O–H groups in total. The Balaban J connectivity index is 1.96. The van der Waals surface area contributed by atoms with Crippen molar-refractivity contribution in [1.29, 1.82) is 0 Å². The maximum Gasteiger partial charge on any atom is 0.218 e. The summed E-state index contributed by atoms with van der Waals surface area (Å²) in [4.78, 5) is 0. The summed E-state index contributed by atoms with van der Waals surface area (Å²) in [5.41, 5.74) is 2.59. The summed E-state index contributed by atoms with van der Waals surface area (Å²) in [5, 5.41) is 0. The summed E-state index contributed by atoms with van der Waals surface area (Å²) in [6, 6.07) is 13.8. The molecule has 0 saturated heterocycles. The lowest BCUT2D eigenvalue weighted by Gasteiger charge is -2.21. The molecule has 154 valence electrons. The van der Waals surface area contributed by atoms with Crippen LogP contribution in [0.3, 0.4) is 0 Å². The zero-order valence-electron chi connectivity index (χ0n) is 16.7. The van der Waals surface area contributed by atoms with E-state index in [0.717, 1.165) is 11.1 Å². The van der Waals surface area contributed by atoms with Crippen molar-refractivity contribution in [2.24, 2.45) is 0 Å². The summed E-state index contributed by atoms with van der Waals surface area (Å²) >= 11 is 0. The zero-order valence-corrected chi connectivity index (χ0v) is 16.7. The number of ether oxygens (including phenoxy) is 2. The Morgan fingerprint density at radius 2 is 1.43 bits per heavy atom. The van der Waals surface area contributed by atoms with Crippen LogP contribution in [0, 0.1) is 17.5 Å². The van der Waals surface area contributed by atoms with Crippen LogP contribution in [0.4, 0.5) is 13.2 Å². The van der Waals surface area contributed by atoms with Crippen molar-refractivity contribution < 1.29 is 27.2 Å². The fourth-order valence-electron chi connectivity index (χ4n) is 3.89. The minimum Gasteiger partial charge on any atom is -0.493 e. The minimum absolute atomic E-state index is 0.0179. The Morgan fingerprint density at radius 3 is 2.10 bits per heavy atom. The molecule has 0 spiro atoms. The van der Waals surface area contributed by atoms with E-state index in [1.807, 2.05) is 10.6 Å². The summed E-state index contributed by atoms with van der Waals surface area (Å²) in [5.74, 6) is -0.571. The smallest absolute Gasteiger partial charge is 0.218 e. The van der Waals surface area contributed by atoms with Gasteiger partial charge in [-0.15, -0.1) is 0 Å². The minimum atomic E-state index is -0.624. The third-order valence-corrected chi connectivity index (χ3v) is 5.37. The SMILES string of the molecule is COc1cc2c(cc1OC)C(c1ccccc1F)=[N+](Cc1c(F)cccc1F)CC2. The highest BCUT2D eigenvalue weighted by Gasteiger charge is 2.32. The fraction of sp³-hybridized carbons (Fsp3) is 0.208. The lowest BCUT2D eigenvalue weighted by Crippen LogP contribution is -2.32. The van der Waals surface area contributed by atoms with Gasteiger partial charge in [-0.3, -0.25) is 0 Å². The Kier molecular flexibility index (Phi) is 5.48. The molecule has 1 heterocycles. The monoisotopic (exact) mass is 412 g/mol. The third-order valence-electron chi connectivity index (χ3n) is 5.37. The number of benzene rings is 3. The van der Waals surface area contributed by atoms with E-state index in [4.69, 9.17) is 9.47 Å². The number of halogens is 3. The van der Waals surface area contributed by atoms with Gasteiger partial charge in [0.05, 0.1) is 30.9 Å². The number of rotatable bonds is 5. The molecule has 3 aromatic rings. The molecule has 30 heavy (non-hydrogen) atoms. The van der Waals surface area contributed by atoms with Crippen molar-refractivity contribution in [3.63, 3.8) is 0 Å². The molecule has 6 heteroatoms. The van der Waals surface area contributed by atoms with Crippen LogP contribution in [0.2, 0.25) is 0 Å². The number of methoxy groups -OCH3 is 2. The first-order valence-corrected chi connectivity index (χ1v) is 9.58. The molecule has 1 aliphatic rings. The molecule has 4 rings (SSSR count). The Hall–Kier alpha value is -3.28. The maximum atomic E-state index is 14.8. The summed E-state index contributed by atoms with van der Waals surface area (Å²) in [6.45, 7) is 0.454. The normalized spacial score (nSPS) is 13.2. The van der Waals surface area contributed by atoms with Crippen LogP contribution in [-0.2, 0) is 13.0 Å². The molecule has 3 nitrogen and oxygen atoms in total. The average molecular weight is 412 g/mol. The molecule has 3 aromatic carbocycles. The molecule has 0 aromatic heterocycles. The zero-order chi connectivity index (χ0) is 21.3. The first kappa shape index (κ1) is 20.0. The van der Waals surface area contributed by atoms with E-state index in [1.165, 1.54) is 31.4 Å². The molecule has 0 atom stereocenters. The van der Waals surface area contributed by atoms with E-state index < -0.39 is 17.5 Å². The molecule has 0 bridgehead atoms. The van der Waals surface area contributed by atoms with Crippen LogP contribution in [0.25, 0.3) is 0 Å². The van der Waals surface area contributed by atoms with Gasteiger partial charge in [0.1, 0.15) is 24.0 Å². The van der Waals surface area contributed by atoms with E-state index in [0.29, 0.717) is 35.7 Å². The second kappa shape index (κ2) is 8.22. The Labute approximate surface area is 173 Å². The van der Waals surface area contributed by atoms with Crippen molar-refractivity contribution >= 4 is 5.71 Å². The number of nitrogens with zero attached hydrogens (tertiary/aromatic N) is 1. The van der Waals surface area contributed by atoms with Gasteiger partial charge < -0.3 is 9.47 Å². The predicted molar refractivity (Wildman–Crippen MR) is 108 cm³/mol. The number of hydrogen-bond donors (Lipinski definition) is 0. The molecule has 0 saturated carbocycles. The molecule has 0 aliphatic carbocycles. The topological polar surface area (TPSA) is 21.5 Å². The number of fused-ring (bicyclic) bond motifs is 1. The average Bonchev–Trinajstić information content (AvgIpc) is 2.75. The molecular weight excluding hydrogens is 391 g/mol. The first-order valence-electron chi connectivity index (χ1n) is 9.58.